The van der Waals surface area contributed by atoms with Gasteiger partial charge in [0, 0.05) is 12.1 Å². The van der Waals surface area contributed by atoms with E-state index in [0.29, 0.717) is 22.3 Å². The average Bonchev–Trinajstić information content (AvgIpc) is 3.20. The summed E-state index contributed by atoms with van der Waals surface area (Å²) in [6.45, 7) is 1.77. The van der Waals surface area contributed by atoms with Gasteiger partial charge in [0.2, 0.25) is 11.1 Å². The first-order valence-corrected chi connectivity index (χ1v) is 8.84. The van der Waals surface area contributed by atoms with Crippen molar-refractivity contribution < 1.29 is 14.1 Å². The molecular weight excluding hydrogens is 396 g/mol. The van der Waals surface area contributed by atoms with Crippen LogP contribution >= 0.6 is 23.4 Å². The first-order valence-electron chi connectivity index (χ1n) is 7.48. The number of rotatable bonds is 6. The molecule has 0 radical (unpaired) electrons. The van der Waals surface area contributed by atoms with Crippen LogP contribution in [-0.2, 0) is 4.79 Å². The van der Waals surface area contributed by atoms with Gasteiger partial charge in [0.15, 0.2) is 5.82 Å². The van der Waals surface area contributed by atoms with Crippen LogP contribution in [0.15, 0.2) is 40.1 Å². The Morgan fingerprint density at radius 1 is 1.44 bits per heavy atom. The smallest absolute Gasteiger partial charge is 0.271 e. The van der Waals surface area contributed by atoms with E-state index in [2.05, 4.69) is 15.5 Å². The Morgan fingerprint density at radius 3 is 2.89 bits per heavy atom. The molecule has 2 heterocycles. The zero-order chi connectivity index (χ0) is 19.6. The molecule has 3 aromatic rings. The van der Waals surface area contributed by atoms with Gasteiger partial charge >= 0.3 is 0 Å². The SMILES string of the molecule is Cc1occc1-c1nnc(SCC(=O)Nc2cc([N+](=O)[O-])ccc2Cl)n1N. The zero-order valence-electron chi connectivity index (χ0n) is 13.9. The third-order valence-corrected chi connectivity index (χ3v) is 4.80. The highest BCUT2D eigenvalue weighted by atomic mass is 35.5. The molecule has 2 aromatic heterocycles. The number of carbonyl (C=O) groups is 1. The minimum Gasteiger partial charge on any atom is -0.469 e. The lowest BCUT2D eigenvalue weighted by Gasteiger charge is -2.07. The molecule has 140 valence electrons. The van der Waals surface area contributed by atoms with E-state index in [1.165, 1.54) is 29.1 Å². The molecule has 3 rings (SSSR count). The number of carbonyl (C=O) groups excluding carboxylic acids is 1. The molecule has 0 atom stereocenters. The summed E-state index contributed by atoms with van der Waals surface area (Å²) in [7, 11) is 0. The number of amides is 1. The van der Waals surface area contributed by atoms with Gasteiger partial charge in [-0.15, -0.1) is 10.2 Å². The number of hydrogen-bond donors (Lipinski definition) is 2. The zero-order valence-corrected chi connectivity index (χ0v) is 15.5. The third kappa shape index (κ3) is 4.04. The van der Waals surface area contributed by atoms with Crippen molar-refractivity contribution in [2.75, 3.05) is 16.9 Å². The topological polar surface area (TPSA) is 142 Å². The first kappa shape index (κ1) is 18.7. The normalized spacial score (nSPS) is 10.7. The van der Waals surface area contributed by atoms with E-state index in [4.69, 9.17) is 21.9 Å². The molecular formula is C15H13ClN6O4S. The number of halogens is 1. The molecule has 0 bridgehead atoms. The van der Waals surface area contributed by atoms with Gasteiger partial charge in [-0.1, -0.05) is 23.4 Å². The second-order valence-corrected chi connectivity index (χ2v) is 6.67. The molecule has 0 spiro atoms. The van der Waals surface area contributed by atoms with Crippen LogP contribution in [-0.4, -0.2) is 31.5 Å². The summed E-state index contributed by atoms with van der Waals surface area (Å²) in [5.74, 6) is 6.56. The molecule has 0 aliphatic heterocycles. The largest absolute Gasteiger partial charge is 0.469 e. The van der Waals surface area contributed by atoms with E-state index >= 15 is 0 Å². The average molecular weight is 409 g/mol. The van der Waals surface area contributed by atoms with E-state index in [1.807, 2.05) is 0 Å². The second-order valence-electron chi connectivity index (χ2n) is 5.32. The van der Waals surface area contributed by atoms with Crippen LogP contribution in [0.1, 0.15) is 5.76 Å². The number of aryl methyl sites for hydroxylation is 1. The summed E-state index contributed by atoms with van der Waals surface area (Å²) in [4.78, 5) is 22.4. The van der Waals surface area contributed by atoms with Gasteiger partial charge in [-0.2, -0.15) is 0 Å². The number of nitrogens with two attached hydrogens (primary N) is 1. The molecule has 1 amide bonds. The molecule has 0 fully saturated rings. The summed E-state index contributed by atoms with van der Waals surface area (Å²) in [6.07, 6.45) is 1.52. The minimum atomic E-state index is -0.572. The Bertz CT molecular complexity index is 1020. The molecule has 0 saturated carbocycles. The van der Waals surface area contributed by atoms with E-state index in [1.54, 1.807) is 13.0 Å². The molecule has 0 aliphatic carbocycles. The van der Waals surface area contributed by atoms with E-state index < -0.39 is 10.8 Å². The van der Waals surface area contributed by atoms with Crippen LogP contribution in [0.5, 0.6) is 0 Å². The maximum atomic E-state index is 12.1. The Morgan fingerprint density at radius 2 is 2.22 bits per heavy atom. The van der Waals surface area contributed by atoms with Crippen molar-refractivity contribution in [1.82, 2.24) is 14.9 Å². The fourth-order valence-corrected chi connectivity index (χ4v) is 3.04. The number of nitrogens with one attached hydrogen (secondary N) is 1. The van der Waals surface area contributed by atoms with Crippen molar-refractivity contribution in [2.24, 2.45) is 0 Å². The van der Waals surface area contributed by atoms with Crippen LogP contribution in [0.25, 0.3) is 11.4 Å². The number of nitrogens with zero attached hydrogens (tertiary/aromatic N) is 4. The van der Waals surface area contributed by atoms with Gasteiger partial charge in [0.05, 0.1) is 33.2 Å². The molecule has 27 heavy (non-hydrogen) atoms. The summed E-state index contributed by atoms with van der Waals surface area (Å²) >= 11 is 7.02. The van der Waals surface area contributed by atoms with E-state index in [9.17, 15) is 14.9 Å². The number of thioether (sulfide) groups is 1. The Balaban J connectivity index is 1.67. The van der Waals surface area contributed by atoms with Crippen molar-refractivity contribution in [3.8, 4) is 11.4 Å². The predicted molar refractivity (Wildman–Crippen MR) is 100 cm³/mol. The number of aromatic nitrogens is 3. The Hall–Kier alpha value is -3.05. The number of anilines is 1. The summed E-state index contributed by atoms with van der Waals surface area (Å²) in [5, 5.41) is 21.8. The van der Waals surface area contributed by atoms with Crippen LogP contribution in [0.4, 0.5) is 11.4 Å². The number of non-ortho nitro benzene ring substituents is 1. The maximum Gasteiger partial charge on any atom is 0.271 e. The molecule has 0 saturated heterocycles. The van der Waals surface area contributed by atoms with Gasteiger partial charge in [0.1, 0.15) is 5.76 Å². The highest BCUT2D eigenvalue weighted by Gasteiger charge is 2.17. The van der Waals surface area contributed by atoms with Crippen LogP contribution in [0, 0.1) is 17.0 Å². The summed E-state index contributed by atoms with van der Waals surface area (Å²) in [5.41, 5.74) is 0.675. The van der Waals surface area contributed by atoms with Crippen molar-refractivity contribution in [2.45, 2.75) is 12.1 Å². The third-order valence-electron chi connectivity index (χ3n) is 3.53. The number of nitro groups is 1. The highest BCUT2D eigenvalue weighted by Crippen LogP contribution is 2.28. The first-order chi connectivity index (χ1) is 12.9. The van der Waals surface area contributed by atoms with Gasteiger partial charge < -0.3 is 15.6 Å². The fraction of sp³-hybridized carbons (Fsp3) is 0.133. The Kier molecular flexibility index (Phi) is 5.33. The molecule has 3 N–H and O–H groups in total. The molecule has 12 heteroatoms. The highest BCUT2D eigenvalue weighted by molar-refractivity contribution is 7.99. The summed E-state index contributed by atoms with van der Waals surface area (Å²) in [6, 6.07) is 5.51. The lowest BCUT2D eigenvalue weighted by atomic mass is 10.2. The van der Waals surface area contributed by atoms with Crippen LogP contribution < -0.4 is 11.2 Å². The number of nitrogen functional groups attached to an aromatic ring is 1. The van der Waals surface area contributed by atoms with Gasteiger partial charge in [-0.3, -0.25) is 14.9 Å². The standard InChI is InChI=1S/C15H13ClN6O4S/c1-8-10(4-5-26-8)14-19-20-15(21(14)17)27-7-13(23)18-12-6-9(22(24)25)2-3-11(12)16/h2-6H,7,17H2,1H3,(H,18,23). The van der Waals surface area contributed by atoms with Crippen LogP contribution in [0.3, 0.4) is 0 Å². The number of benzene rings is 1. The monoisotopic (exact) mass is 408 g/mol. The lowest BCUT2D eigenvalue weighted by Crippen LogP contribution is -2.16. The quantitative estimate of drug-likeness (QED) is 0.274. The van der Waals surface area contributed by atoms with Crippen LogP contribution in [0.2, 0.25) is 5.02 Å². The van der Waals surface area contributed by atoms with E-state index in [-0.39, 0.29) is 22.2 Å². The lowest BCUT2D eigenvalue weighted by molar-refractivity contribution is -0.384. The Labute approximate surface area is 161 Å². The van der Waals surface area contributed by atoms with Crippen molar-refractivity contribution in [3.05, 3.63) is 51.4 Å². The molecule has 1 aromatic carbocycles. The number of nitro benzene ring substituents is 1. The van der Waals surface area contributed by atoms with Crippen molar-refractivity contribution in [3.63, 3.8) is 0 Å². The van der Waals surface area contributed by atoms with Gasteiger partial charge in [-0.05, 0) is 19.1 Å². The predicted octanol–water partition coefficient (Wildman–Crippen LogP) is 2.85. The molecule has 0 unspecified atom stereocenters. The molecule has 10 nitrogen and oxygen atoms in total. The summed E-state index contributed by atoms with van der Waals surface area (Å²) < 4.78 is 6.48. The number of hydrogen-bond acceptors (Lipinski definition) is 8. The van der Waals surface area contributed by atoms with Crippen molar-refractivity contribution in [1.29, 1.82) is 0 Å². The van der Waals surface area contributed by atoms with Gasteiger partial charge in [0.25, 0.3) is 5.69 Å². The van der Waals surface area contributed by atoms with Gasteiger partial charge in [-0.25, -0.2) is 4.68 Å². The molecule has 0 aliphatic rings. The maximum absolute atomic E-state index is 12.1. The van der Waals surface area contributed by atoms with Crippen molar-refractivity contribution >= 4 is 40.6 Å². The van der Waals surface area contributed by atoms with E-state index in [0.717, 1.165) is 11.8 Å². The minimum absolute atomic E-state index is 0.0429. The fourth-order valence-electron chi connectivity index (χ4n) is 2.22. The second kappa shape index (κ2) is 7.68. The number of furan rings is 1.